The number of benzene rings is 1. The van der Waals surface area contributed by atoms with E-state index >= 15 is 0 Å². The summed E-state index contributed by atoms with van der Waals surface area (Å²) in [6.45, 7) is 3.98. The zero-order chi connectivity index (χ0) is 9.42. The molecule has 0 saturated heterocycles. The summed E-state index contributed by atoms with van der Waals surface area (Å²) in [5, 5.41) is 9.88. The molecule has 2 aromatic rings. The van der Waals surface area contributed by atoms with Gasteiger partial charge in [-0.25, -0.2) is 4.98 Å². The van der Waals surface area contributed by atoms with Gasteiger partial charge in [-0.15, -0.1) is 11.3 Å². The van der Waals surface area contributed by atoms with Gasteiger partial charge in [-0.1, -0.05) is 6.07 Å². The minimum Gasteiger partial charge on any atom is -0.241 e. The summed E-state index contributed by atoms with van der Waals surface area (Å²) in [7, 11) is 0. The minimum absolute atomic E-state index is 0.728. The molecule has 0 aliphatic rings. The number of fused-ring (bicyclic) bond motifs is 1. The number of nitrogens with zero attached hydrogens (tertiary/aromatic N) is 2. The van der Waals surface area contributed by atoms with Gasteiger partial charge in [0.25, 0.3) is 0 Å². The SMILES string of the molecule is Cc1nc2c(C)ccc(C#N)c2s1. The molecule has 0 atom stereocenters. The van der Waals surface area contributed by atoms with Crippen molar-refractivity contribution in [3.05, 3.63) is 28.3 Å². The van der Waals surface area contributed by atoms with E-state index in [-0.39, 0.29) is 0 Å². The monoisotopic (exact) mass is 188 g/mol. The van der Waals surface area contributed by atoms with E-state index < -0.39 is 0 Å². The Balaban J connectivity index is 2.94. The molecule has 0 aliphatic heterocycles. The fourth-order valence-corrected chi connectivity index (χ4v) is 2.29. The largest absolute Gasteiger partial charge is 0.241 e. The number of hydrogen-bond donors (Lipinski definition) is 0. The van der Waals surface area contributed by atoms with Gasteiger partial charge in [0, 0.05) is 0 Å². The van der Waals surface area contributed by atoms with Crippen molar-refractivity contribution in [2.45, 2.75) is 13.8 Å². The molecule has 2 rings (SSSR count). The first kappa shape index (κ1) is 8.21. The van der Waals surface area contributed by atoms with Crippen LogP contribution in [-0.4, -0.2) is 4.98 Å². The predicted molar refractivity (Wildman–Crippen MR) is 53.8 cm³/mol. The highest BCUT2D eigenvalue weighted by atomic mass is 32.1. The standard InChI is InChI=1S/C10H8N2S/c1-6-3-4-8(5-11)10-9(6)12-7(2)13-10/h3-4H,1-2H3. The van der Waals surface area contributed by atoms with E-state index in [2.05, 4.69) is 11.1 Å². The second-order valence-corrected chi connectivity index (χ2v) is 4.16. The van der Waals surface area contributed by atoms with E-state index in [4.69, 9.17) is 5.26 Å². The van der Waals surface area contributed by atoms with Crippen LogP contribution in [0.5, 0.6) is 0 Å². The van der Waals surface area contributed by atoms with Gasteiger partial charge < -0.3 is 0 Å². The first-order valence-electron chi connectivity index (χ1n) is 3.99. The molecule has 0 fully saturated rings. The van der Waals surface area contributed by atoms with Gasteiger partial charge in [-0.3, -0.25) is 0 Å². The third-order valence-electron chi connectivity index (χ3n) is 1.97. The molecule has 13 heavy (non-hydrogen) atoms. The zero-order valence-corrected chi connectivity index (χ0v) is 8.27. The molecule has 0 saturated carbocycles. The highest BCUT2D eigenvalue weighted by molar-refractivity contribution is 7.18. The van der Waals surface area contributed by atoms with Crippen LogP contribution in [0.25, 0.3) is 10.2 Å². The summed E-state index contributed by atoms with van der Waals surface area (Å²) >= 11 is 1.58. The lowest BCUT2D eigenvalue weighted by atomic mass is 10.1. The van der Waals surface area contributed by atoms with Gasteiger partial charge in [0.2, 0.25) is 0 Å². The number of nitriles is 1. The highest BCUT2D eigenvalue weighted by Gasteiger charge is 2.07. The van der Waals surface area contributed by atoms with E-state index in [1.807, 2.05) is 26.0 Å². The van der Waals surface area contributed by atoms with E-state index in [0.29, 0.717) is 0 Å². The Hall–Kier alpha value is -1.40. The van der Waals surface area contributed by atoms with Crippen molar-refractivity contribution in [1.82, 2.24) is 4.98 Å². The minimum atomic E-state index is 0.728. The summed E-state index contributed by atoms with van der Waals surface area (Å²) in [5.41, 5.74) is 2.84. The molecule has 1 aromatic heterocycles. The Bertz CT molecular complexity index is 505. The molecule has 2 nitrogen and oxygen atoms in total. The molecule has 0 N–H and O–H groups in total. The lowest BCUT2D eigenvalue weighted by Gasteiger charge is -1.94. The van der Waals surface area contributed by atoms with E-state index in [1.165, 1.54) is 0 Å². The lowest BCUT2D eigenvalue weighted by Crippen LogP contribution is -1.79. The van der Waals surface area contributed by atoms with Crippen LogP contribution in [0.2, 0.25) is 0 Å². The number of thiazole rings is 1. The second-order valence-electron chi connectivity index (χ2n) is 2.95. The Kier molecular flexibility index (Phi) is 1.78. The average molecular weight is 188 g/mol. The van der Waals surface area contributed by atoms with Crippen LogP contribution in [0.3, 0.4) is 0 Å². The van der Waals surface area contributed by atoms with Crippen LogP contribution in [0.1, 0.15) is 16.1 Å². The third-order valence-corrected chi connectivity index (χ3v) is 2.98. The van der Waals surface area contributed by atoms with Crippen molar-refractivity contribution in [2.24, 2.45) is 0 Å². The molecule has 1 heterocycles. The Morgan fingerprint density at radius 1 is 1.38 bits per heavy atom. The van der Waals surface area contributed by atoms with Crippen molar-refractivity contribution in [1.29, 1.82) is 5.26 Å². The average Bonchev–Trinajstić information content (AvgIpc) is 2.48. The van der Waals surface area contributed by atoms with Crippen molar-refractivity contribution < 1.29 is 0 Å². The maximum atomic E-state index is 8.86. The van der Waals surface area contributed by atoms with E-state index in [0.717, 1.165) is 26.4 Å². The number of rotatable bonds is 0. The van der Waals surface area contributed by atoms with Gasteiger partial charge in [-0.2, -0.15) is 5.26 Å². The van der Waals surface area contributed by atoms with Crippen LogP contribution in [0.4, 0.5) is 0 Å². The fraction of sp³-hybridized carbons (Fsp3) is 0.200. The normalized spacial score (nSPS) is 10.2. The Labute approximate surface area is 80.5 Å². The van der Waals surface area contributed by atoms with Gasteiger partial charge in [-0.05, 0) is 25.5 Å². The van der Waals surface area contributed by atoms with Crippen molar-refractivity contribution in [3.8, 4) is 6.07 Å². The molecule has 64 valence electrons. The molecule has 0 unspecified atom stereocenters. The van der Waals surface area contributed by atoms with Crippen molar-refractivity contribution in [3.63, 3.8) is 0 Å². The maximum Gasteiger partial charge on any atom is 0.101 e. The third kappa shape index (κ3) is 1.20. The van der Waals surface area contributed by atoms with Gasteiger partial charge in [0.15, 0.2) is 0 Å². The summed E-state index contributed by atoms with van der Waals surface area (Å²) in [4.78, 5) is 4.39. The van der Waals surface area contributed by atoms with E-state index in [1.54, 1.807) is 11.3 Å². The maximum absolute atomic E-state index is 8.86. The molecule has 0 spiro atoms. The predicted octanol–water partition coefficient (Wildman–Crippen LogP) is 2.78. The Morgan fingerprint density at radius 2 is 2.15 bits per heavy atom. The summed E-state index contributed by atoms with van der Waals surface area (Å²) in [5.74, 6) is 0. The molecule has 0 bridgehead atoms. The number of hydrogen-bond acceptors (Lipinski definition) is 3. The molecule has 0 amide bonds. The fourth-order valence-electron chi connectivity index (χ4n) is 1.33. The van der Waals surface area contributed by atoms with Crippen molar-refractivity contribution in [2.75, 3.05) is 0 Å². The molecule has 0 aliphatic carbocycles. The summed E-state index contributed by atoms with van der Waals surface area (Å²) in [6.07, 6.45) is 0. The van der Waals surface area contributed by atoms with Crippen LogP contribution < -0.4 is 0 Å². The highest BCUT2D eigenvalue weighted by Crippen LogP contribution is 2.27. The molecular weight excluding hydrogens is 180 g/mol. The topological polar surface area (TPSA) is 36.7 Å². The van der Waals surface area contributed by atoms with Gasteiger partial charge in [0.05, 0.1) is 20.8 Å². The number of aromatic nitrogens is 1. The van der Waals surface area contributed by atoms with Gasteiger partial charge >= 0.3 is 0 Å². The number of aryl methyl sites for hydroxylation is 2. The quantitative estimate of drug-likeness (QED) is 0.637. The first-order valence-corrected chi connectivity index (χ1v) is 4.81. The van der Waals surface area contributed by atoms with Crippen LogP contribution >= 0.6 is 11.3 Å². The lowest BCUT2D eigenvalue weighted by molar-refractivity contribution is 1.32. The van der Waals surface area contributed by atoms with Gasteiger partial charge in [0.1, 0.15) is 6.07 Å². The molecule has 3 heteroatoms. The van der Waals surface area contributed by atoms with Crippen LogP contribution in [-0.2, 0) is 0 Å². The van der Waals surface area contributed by atoms with Crippen LogP contribution in [0.15, 0.2) is 12.1 Å². The molecular formula is C10H8N2S. The van der Waals surface area contributed by atoms with E-state index in [9.17, 15) is 0 Å². The first-order chi connectivity index (χ1) is 6.22. The second kappa shape index (κ2) is 2.82. The summed E-state index contributed by atoms with van der Waals surface area (Å²) < 4.78 is 1.01. The smallest absolute Gasteiger partial charge is 0.101 e. The zero-order valence-electron chi connectivity index (χ0n) is 7.46. The Morgan fingerprint density at radius 3 is 2.85 bits per heavy atom. The molecule has 1 aromatic carbocycles. The van der Waals surface area contributed by atoms with Crippen LogP contribution in [0, 0.1) is 25.2 Å². The molecule has 0 radical (unpaired) electrons. The summed E-state index contributed by atoms with van der Waals surface area (Å²) in [6, 6.07) is 5.98. The van der Waals surface area contributed by atoms with Crippen molar-refractivity contribution >= 4 is 21.6 Å².